The molecule has 3 heterocycles. The van der Waals surface area contributed by atoms with Crippen molar-refractivity contribution in [3.63, 3.8) is 0 Å². The molecule has 0 saturated heterocycles. The van der Waals surface area contributed by atoms with Crippen molar-refractivity contribution in [2.24, 2.45) is 5.73 Å². The second-order valence-corrected chi connectivity index (χ2v) is 7.12. The van der Waals surface area contributed by atoms with Crippen LogP contribution in [0.1, 0.15) is 17.1 Å². The number of pyridine rings is 2. The number of aryl methyl sites for hydroxylation is 1. The number of carboxylic acids is 1. The van der Waals surface area contributed by atoms with E-state index >= 15 is 0 Å². The first-order valence-corrected chi connectivity index (χ1v) is 9.76. The molecule has 0 atom stereocenters. The minimum atomic E-state index is -5.08. The van der Waals surface area contributed by atoms with Crippen molar-refractivity contribution < 1.29 is 45.0 Å². The van der Waals surface area contributed by atoms with Crippen molar-refractivity contribution in [3.05, 3.63) is 69.8 Å². The fourth-order valence-electron chi connectivity index (χ4n) is 2.77. The Kier molecular flexibility index (Phi) is 8.86. The van der Waals surface area contributed by atoms with E-state index in [2.05, 4.69) is 20.2 Å². The number of hydrogen-bond acceptors (Lipinski definition) is 6. The molecule has 0 aliphatic rings. The summed E-state index contributed by atoms with van der Waals surface area (Å²) < 4.78 is 96.6. The van der Waals surface area contributed by atoms with Crippen LogP contribution in [0, 0.1) is 6.92 Å². The predicted octanol–water partition coefficient (Wildman–Crippen LogP) is 3.63. The molecule has 37 heavy (non-hydrogen) atoms. The van der Waals surface area contributed by atoms with Gasteiger partial charge in [0, 0.05) is 42.1 Å². The van der Waals surface area contributed by atoms with E-state index in [9.17, 15) is 39.9 Å². The van der Waals surface area contributed by atoms with Crippen molar-refractivity contribution >= 4 is 5.97 Å². The number of aromatic nitrogens is 5. The van der Waals surface area contributed by atoms with Gasteiger partial charge in [-0.2, -0.15) is 40.2 Å². The summed E-state index contributed by atoms with van der Waals surface area (Å²) in [6, 6.07) is 3.69. The first-order chi connectivity index (χ1) is 17.1. The van der Waals surface area contributed by atoms with Gasteiger partial charge in [-0.3, -0.25) is 4.98 Å². The zero-order chi connectivity index (χ0) is 28.1. The van der Waals surface area contributed by atoms with E-state index < -0.39 is 42.3 Å². The fourth-order valence-corrected chi connectivity index (χ4v) is 2.77. The minimum absolute atomic E-state index is 0.00667. The summed E-state index contributed by atoms with van der Waals surface area (Å²) in [6.45, 7) is 1.21. The van der Waals surface area contributed by atoms with Crippen LogP contribution in [-0.4, -0.2) is 48.5 Å². The van der Waals surface area contributed by atoms with Gasteiger partial charge >= 0.3 is 24.0 Å². The van der Waals surface area contributed by atoms with E-state index in [1.165, 1.54) is 12.3 Å². The highest BCUT2D eigenvalue weighted by molar-refractivity contribution is 5.73. The molecule has 0 spiro atoms. The molecule has 0 aliphatic carbocycles. The van der Waals surface area contributed by atoms with Gasteiger partial charge in [-0.25, -0.2) is 24.2 Å². The van der Waals surface area contributed by atoms with Crippen LogP contribution in [0.2, 0.25) is 0 Å². The number of rotatable bonds is 5. The van der Waals surface area contributed by atoms with E-state index in [1.807, 2.05) is 0 Å². The lowest BCUT2D eigenvalue weighted by atomic mass is 10.1. The van der Waals surface area contributed by atoms with Gasteiger partial charge < -0.3 is 10.8 Å². The summed E-state index contributed by atoms with van der Waals surface area (Å²) >= 11 is 0. The van der Waals surface area contributed by atoms with E-state index in [-0.39, 0.29) is 23.6 Å². The smallest absolute Gasteiger partial charge is 0.475 e. The van der Waals surface area contributed by atoms with Crippen molar-refractivity contribution in [2.45, 2.75) is 25.7 Å². The maximum atomic E-state index is 12.9. The van der Waals surface area contributed by atoms with Gasteiger partial charge in [0.25, 0.3) is 6.08 Å². The second-order valence-electron chi connectivity index (χ2n) is 7.12. The molecule has 0 fully saturated rings. The molecule has 0 saturated carbocycles. The molecule has 0 unspecified atom stereocenters. The lowest BCUT2D eigenvalue weighted by Crippen LogP contribution is -2.21. The number of alkyl halides is 6. The summed E-state index contributed by atoms with van der Waals surface area (Å²) in [6.07, 6.45) is -9.54. The molecular weight excluding hydrogens is 524 g/mol. The number of aromatic amines is 1. The minimum Gasteiger partial charge on any atom is -0.475 e. The van der Waals surface area contributed by atoms with Crippen molar-refractivity contribution in [1.82, 2.24) is 24.7 Å². The van der Waals surface area contributed by atoms with Crippen molar-refractivity contribution in [2.75, 3.05) is 6.54 Å². The van der Waals surface area contributed by atoms with E-state index in [0.717, 1.165) is 16.8 Å². The monoisotopic (exact) mass is 540 g/mol. The third-order valence-electron chi connectivity index (χ3n) is 4.52. The zero-order valence-electron chi connectivity index (χ0n) is 18.5. The van der Waals surface area contributed by atoms with E-state index in [4.69, 9.17) is 15.6 Å². The Morgan fingerprint density at radius 3 is 2.11 bits per heavy atom. The van der Waals surface area contributed by atoms with Gasteiger partial charge in [-0.1, -0.05) is 6.07 Å². The molecule has 3 aromatic heterocycles. The quantitative estimate of drug-likeness (QED) is 0.420. The van der Waals surface area contributed by atoms with Gasteiger partial charge in [-0.05, 0) is 24.6 Å². The highest BCUT2D eigenvalue weighted by Crippen LogP contribution is 2.29. The number of nitrogens with two attached hydrogens (primary N) is 1. The SMILES string of the molecule is Cc1cc(-c2ccc(C(F)(F)F)nc2)cnc1-n1c(CC(CN)=C(F)F)n[nH]c1=O.O=C(O)C(F)(F)F. The van der Waals surface area contributed by atoms with Crippen LogP contribution < -0.4 is 11.4 Å². The Labute approximate surface area is 201 Å². The zero-order valence-corrected chi connectivity index (χ0v) is 18.5. The van der Waals surface area contributed by atoms with Gasteiger partial charge in [-0.15, -0.1) is 0 Å². The second kappa shape index (κ2) is 11.3. The number of halogens is 8. The lowest BCUT2D eigenvalue weighted by molar-refractivity contribution is -0.192. The Bertz CT molecular complexity index is 1340. The first kappa shape index (κ1) is 29.1. The average Bonchev–Trinajstić information content (AvgIpc) is 3.16. The topological polar surface area (TPSA) is 140 Å². The summed E-state index contributed by atoms with van der Waals surface area (Å²) in [5.41, 5.74) is 4.56. The summed E-state index contributed by atoms with van der Waals surface area (Å²) in [7, 11) is 0. The van der Waals surface area contributed by atoms with Crippen LogP contribution in [-0.2, 0) is 17.4 Å². The van der Waals surface area contributed by atoms with Crippen LogP contribution in [0.3, 0.4) is 0 Å². The number of hydrogen-bond donors (Lipinski definition) is 3. The summed E-state index contributed by atoms with van der Waals surface area (Å²) in [5, 5.41) is 13.1. The molecule has 9 nitrogen and oxygen atoms in total. The maximum absolute atomic E-state index is 12.9. The molecule has 0 aromatic carbocycles. The molecule has 0 amide bonds. The first-order valence-electron chi connectivity index (χ1n) is 9.76. The molecule has 17 heteroatoms. The molecule has 200 valence electrons. The van der Waals surface area contributed by atoms with Crippen molar-refractivity contribution in [3.8, 4) is 16.9 Å². The Balaban J connectivity index is 0.000000604. The summed E-state index contributed by atoms with van der Waals surface area (Å²) in [4.78, 5) is 28.7. The number of carboxylic acid groups (broad SMARTS) is 1. The van der Waals surface area contributed by atoms with Gasteiger partial charge in [0.15, 0.2) is 0 Å². The summed E-state index contributed by atoms with van der Waals surface area (Å²) in [5.74, 6) is -2.62. The van der Waals surface area contributed by atoms with Gasteiger partial charge in [0.2, 0.25) is 0 Å². The Hall–Kier alpha value is -4.15. The molecule has 3 aromatic rings. The molecule has 0 bridgehead atoms. The van der Waals surface area contributed by atoms with Crippen LogP contribution in [0.15, 0.2) is 47.0 Å². The largest absolute Gasteiger partial charge is 0.490 e. The van der Waals surface area contributed by atoms with E-state index in [1.54, 1.807) is 13.0 Å². The van der Waals surface area contributed by atoms with Crippen LogP contribution in [0.5, 0.6) is 0 Å². The number of nitrogens with one attached hydrogen (secondary N) is 1. The van der Waals surface area contributed by atoms with E-state index in [0.29, 0.717) is 16.7 Å². The number of aliphatic carboxylic acids is 1. The third-order valence-corrected chi connectivity index (χ3v) is 4.52. The van der Waals surface area contributed by atoms with Crippen LogP contribution in [0.25, 0.3) is 16.9 Å². The number of nitrogens with zero attached hydrogens (tertiary/aromatic N) is 4. The lowest BCUT2D eigenvalue weighted by Gasteiger charge is -2.11. The Morgan fingerprint density at radius 2 is 1.68 bits per heavy atom. The molecule has 4 N–H and O–H groups in total. The van der Waals surface area contributed by atoms with Crippen LogP contribution >= 0.6 is 0 Å². The van der Waals surface area contributed by atoms with Crippen molar-refractivity contribution in [1.29, 1.82) is 0 Å². The Morgan fingerprint density at radius 1 is 1.08 bits per heavy atom. The normalized spacial score (nSPS) is 11.5. The van der Waals surface area contributed by atoms with Gasteiger partial charge in [0.05, 0.1) is 0 Å². The average molecular weight is 540 g/mol. The third kappa shape index (κ3) is 7.42. The maximum Gasteiger partial charge on any atom is 0.490 e. The predicted molar refractivity (Wildman–Crippen MR) is 111 cm³/mol. The highest BCUT2D eigenvalue weighted by atomic mass is 19.4. The molecule has 3 rings (SSSR count). The van der Waals surface area contributed by atoms with Crippen LogP contribution in [0.4, 0.5) is 35.1 Å². The number of H-pyrrole nitrogens is 1. The number of carbonyl (C=O) groups is 1. The van der Waals surface area contributed by atoms with Gasteiger partial charge in [0.1, 0.15) is 17.3 Å². The molecule has 0 aliphatic heterocycles. The standard InChI is InChI=1S/C18H15F5N6O.C2HF3O2/c1-9-4-12(10-2-3-13(25-7-10)18(21,22)23)8-26-16(9)29-14(27-28-17(29)30)5-11(6-24)15(19)20;3-2(4,5)1(6)7/h2-4,7-8H,5-6,24H2,1H3,(H,28,30);(H,6,7). The molecular formula is C20H16F8N6O3. The highest BCUT2D eigenvalue weighted by Gasteiger charge is 2.38. The molecule has 0 radical (unpaired) electrons. The fraction of sp³-hybridized carbons (Fsp3) is 0.250.